The van der Waals surface area contributed by atoms with Crippen molar-refractivity contribution in [2.24, 2.45) is 0 Å². The number of carbonyl (C=O) groups excluding carboxylic acids is 1. The fourth-order valence-electron chi connectivity index (χ4n) is 1.63. The molecule has 1 N–H and O–H groups in total. The number of benzene rings is 2. The Hall–Kier alpha value is -1.39. The van der Waals surface area contributed by atoms with E-state index in [2.05, 4.69) is 21.2 Å². The Balaban J connectivity index is 2.28. The van der Waals surface area contributed by atoms with Crippen LogP contribution in [0, 0.1) is 12.7 Å². The van der Waals surface area contributed by atoms with Crippen LogP contribution in [-0.4, -0.2) is 5.91 Å². The summed E-state index contributed by atoms with van der Waals surface area (Å²) in [6.45, 7) is 1.83. The van der Waals surface area contributed by atoms with E-state index in [9.17, 15) is 9.18 Å². The number of halogens is 3. The highest BCUT2D eigenvalue weighted by atomic mass is 79.9. The van der Waals surface area contributed by atoms with Crippen molar-refractivity contribution in [2.45, 2.75) is 6.92 Å². The SMILES string of the molecule is Cc1cc(NC(=O)c2c(F)cccc2Br)ccc1Cl. The molecule has 0 heterocycles. The summed E-state index contributed by atoms with van der Waals surface area (Å²) in [5.41, 5.74) is 1.39. The zero-order valence-corrected chi connectivity index (χ0v) is 12.3. The zero-order valence-electron chi connectivity index (χ0n) is 10.0. The smallest absolute Gasteiger partial charge is 0.259 e. The van der Waals surface area contributed by atoms with Gasteiger partial charge in [-0.3, -0.25) is 4.79 Å². The second-order valence-electron chi connectivity index (χ2n) is 4.01. The molecule has 0 unspecified atom stereocenters. The second kappa shape index (κ2) is 5.72. The minimum Gasteiger partial charge on any atom is -0.322 e. The van der Waals surface area contributed by atoms with E-state index in [4.69, 9.17) is 11.6 Å². The molecular formula is C14H10BrClFNO. The molecular weight excluding hydrogens is 333 g/mol. The third-order valence-electron chi connectivity index (χ3n) is 2.61. The van der Waals surface area contributed by atoms with E-state index in [1.807, 2.05) is 6.92 Å². The van der Waals surface area contributed by atoms with Crippen LogP contribution in [0.25, 0.3) is 0 Å². The molecule has 2 rings (SSSR count). The van der Waals surface area contributed by atoms with Crippen molar-refractivity contribution in [2.75, 3.05) is 5.32 Å². The lowest BCUT2D eigenvalue weighted by Crippen LogP contribution is -2.14. The van der Waals surface area contributed by atoms with Crippen LogP contribution in [0.3, 0.4) is 0 Å². The Labute approximate surface area is 123 Å². The quantitative estimate of drug-likeness (QED) is 0.834. The van der Waals surface area contributed by atoms with Gasteiger partial charge in [0.15, 0.2) is 0 Å². The van der Waals surface area contributed by atoms with Gasteiger partial charge in [0.2, 0.25) is 0 Å². The average Bonchev–Trinajstić information content (AvgIpc) is 2.33. The van der Waals surface area contributed by atoms with Gasteiger partial charge in [0.1, 0.15) is 5.82 Å². The number of aryl methyl sites for hydroxylation is 1. The average molecular weight is 343 g/mol. The third-order valence-corrected chi connectivity index (χ3v) is 3.69. The monoisotopic (exact) mass is 341 g/mol. The molecule has 98 valence electrons. The van der Waals surface area contributed by atoms with Gasteiger partial charge in [-0.05, 0) is 58.7 Å². The summed E-state index contributed by atoms with van der Waals surface area (Å²) in [4.78, 5) is 12.0. The van der Waals surface area contributed by atoms with Gasteiger partial charge in [-0.1, -0.05) is 17.7 Å². The van der Waals surface area contributed by atoms with Crippen molar-refractivity contribution in [1.82, 2.24) is 0 Å². The molecule has 2 aromatic rings. The molecule has 2 nitrogen and oxygen atoms in total. The van der Waals surface area contributed by atoms with Gasteiger partial charge in [0.05, 0.1) is 5.56 Å². The lowest BCUT2D eigenvalue weighted by Gasteiger charge is -2.09. The number of hydrogen-bond acceptors (Lipinski definition) is 1. The summed E-state index contributed by atoms with van der Waals surface area (Å²) in [7, 11) is 0. The van der Waals surface area contributed by atoms with Crippen LogP contribution in [0.15, 0.2) is 40.9 Å². The molecule has 0 bridgehead atoms. The van der Waals surface area contributed by atoms with E-state index in [1.54, 1.807) is 24.3 Å². The maximum atomic E-state index is 13.6. The highest BCUT2D eigenvalue weighted by Gasteiger charge is 2.15. The van der Waals surface area contributed by atoms with E-state index in [0.29, 0.717) is 15.2 Å². The number of carbonyl (C=O) groups is 1. The van der Waals surface area contributed by atoms with Gasteiger partial charge in [-0.2, -0.15) is 0 Å². The van der Waals surface area contributed by atoms with Crippen LogP contribution in [0.4, 0.5) is 10.1 Å². The van der Waals surface area contributed by atoms with Gasteiger partial charge in [-0.15, -0.1) is 0 Å². The first kappa shape index (κ1) is 14.0. The van der Waals surface area contributed by atoms with E-state index in [0.717, 1.165) is 5.56 Å². The second-order valence-corrected chi connectivity index (χ2v) is 5.28. The standard InChI is InChI=1S/C14H10BrClFNO/c1-8-7-9(5-6-11(8)16)18-14(19)13-10(15)3-2-4-12(13)17/h2-7H,1H3,(H,18,19). The number of rotatable bonds is 2. The van der Waals surface area contributed by atoms with Crippen LogP contribution in [0.2, 0.25) is 5.02 Å². The minimum absolute atomic E-state index is 0.0184. The normalized spacial score (nSPS) is 10.3. The number of hydrogen-bond donors (Lipinski definition) is 1. The first-order valence-corrected chi connectivity index (χ1v) is 6.67. The van der Waals surface area contributed by atoms with Crippen LogP contribution < -0.4 is 5.32 Å². The Kier molecular flexibility index (Phi) is 4.22. The summed E-state index contributed by atoms with van der Waals surface area (Å²) in [6, 6.07) is 9.47. The molecule has 0 aliphatic heterocycles. The molecule has 0 saturated heterocycles. The van der Waals surface area contributed by atoms with Crippen molar-refractivity contribution in [1.29, 1.82) is 0 Å². The molecule has 0 atom stereocenters. The third kappa shape index (κ3) is 3.14. The molecule has 5 heteroatoms. The Morgan fingerprint density at radius 3 is 2.68 bits per heavy atom. The van der Waals surface area contributed by atoms with Gasteiger partial charge in [0, 0.05) is 15.2 Å². The van der Waals surface area contributed by atoms with Crippen LogP contribution >= 0.6 is 27.5 Å². The van der Waals surface area contributed by atoms with Gasteiger partial charge >= 0.3 is 0 Å². The fourth-order valence-corrected chi connectivity index (χ4v) is 2.27. The molecule has 0 fully saturated rings. The van der Waals surface area contributed by atoms with E-state index in [1.165, 1.54) is 12.1 Å². The lowest BCUT2D eigenvalue weighted by atomic mass is 10.1. The Bertz CT molecular complexity index is 625. The van der Waals surface area contributed by atoms with Crippen molar-refractivity contribution < 1.29 is 9.18 Å². The van der Waals surface area contributed by atoms with Crippen molar-refractivity contribution >= 4 is 39.1 Å². The van der Waals surface area contributed by atoms with E-state index >= 15 is 0 Å². The summed E-state index contributed by atoms with van der Waals surface area (Å²) in [5, 5.41) is 3.26. The van der Waals surface area contributed by atoms with Crippen LogP contribution in [0.1, 0.15) is 15.9 Å². The van der Waals surface area contributed by atoms with Gasteiger partial charge in [0.25, 0.3) is 5.91 Å². The van der Waals surface area contributed by atoms with Gasteiger partial charge < -0.3 is 5.32 Å². The predicted octanol–water partition coefficient (Wildman–Crippen LogP) is 4.80. The molecule has 19 heavy (non-hydrogen) atoms. The van der Waals surface area contributed by atoms with E-state index < -0.39 is 11.7 Å². The molecule has 0 aliphatic carbocycles. The minimum atomic E-state index is -0.572. The largest absolute Gasteiger partial charge is 0.322 e. The maximum Gasteiger partial charge on any atom is 0.259 e. The molecule has 1 amide bonds. The highest BCUT2D eigenvalue weighted by molar-refractivity contribution is 9.10. The summed E-state index contributed by atoms with van der Waals surface area (Å²) in [5.74, 6) is -1.08. The summed E-state index contributed by atoms with van der Waals surface area (Å²) in [6.07, 6.45) is 0. The van der Waals surface area contributed by atoms with Crippen molar-refractivity contribution in [3.05, 3.63) is 62.8 Å². The van der Waals surface area contributed by atoms with Crippen molar-refractivity contribution in [3.63, 3.8) is 0 Å². The number of nitrogens with one attached hydrogen (secondary N) is 1. The predicted molar refractivity (Wildman–Crippen MR) is 78.2 cm³/mol. The molecule has 0 aromatic heterocycles. The zero-order chi connectivity index (χ0) is 14.0. The van der Waals surface area contributed by atoms with Crippen molar-refractivity contribution in [3.8, 4) is 0 Å². The summed E-state index contributed by atoms with van der Waals surface area (Å²) < 4.78 is 14.0. The molecule has 0 radical (unpaired) electrons. The van der Waals surface area contributed by atoms with Crippen LogP contribution in [0.5, 0.6) is 0 Å². The Morgan fingerprint density at radius 2 is 2.05 bits per heavy atom. The van der Waals surface area contributed by atoms with Crippen LogP contribution in [-0.2, 0) is 0 Å². The molecule has 0 aliphatic rings. The summed E-state index contributed by atoms with van der Waals surface area (Å²) >= 11 is 9.07. The highest BCUT2D eigenvalue weighted by Crippen LogP contribution is 2.23. The molecule has 0 saturated carbocycles. The Morgan fingerprint density at radius 1 is 1.32 bits per heavy atom. The van der Waals surface area contributed by atoms with Gasteiger partial charge in [-0.25, -0.2) is 4.39 Å². The maximum absolute atomic E-state index is 13.6. The number of amides is 1. The topological polar surface area (TPSA) is 29.1 Å². The fraction of sp³-hybridized carbons (Fsp3) is 0.0714. The first-order chi connectivity index (χ1) is 8.99. The first-order valence-electron chi connectivity index (χ1n) is 5.50. The number of anilines is 1. The lowest BCUT2D eigenvalue weighted by molar-refractivity contribution is 0.102. The molecule has 0 spiro atoms. The molecule has 2 aromatic carbocycles. The van der Waals surface area contributed by atoms with E-state index in [-0.39, 0.29) is 5.56 Å².